The van der Waals surface area contributed by atoms with Crippen molar-refractivity contribution in [1.29, 1.82) is 0 Å². The first kappa shape index (κ1) is 14.0. The number of benzene rings is 2. The average Bonchev–Trinajstić information content (AvgIpc) is 2.50. The fourth-order valence-corrected chi connectivity index (χ4v) is 2.60. The van der Waals surface area contributed by atoms with Gasteiger partial charge in [-0.3, -0.25) is 0 Å². The molecule has 2 aromatic carbocycles. The van der Waals surface area contributed by atoms with Crippen LogP contribution in [-0.4, -0.2) is 12.0 Å². The number of fused-ring (bicyclic) bond motifs is 1. The Morgan fingerprint density at radius 1 is 1.10 bits per heavy atom. The van der Waals surface area contributed by atoms with Crippen molar-refractivity contribution >= 4 is 26.7 Å². The summed E-state index contributed by atoms with van der Waals surface area (Å²) in [5.74, 6) is 1.42. The van der Waals surface area contributed by atoms with Gasteiger partial charge >= 0.3 is 0 Å². The molecule has 0 fully saturated rings. The third-order valence-corrected chi connectivity index (χ3v) is 3.63. The quantitative estimate of drug-likeness (QED) is 0.757. The summed E-state index contributed by atoms with van der Waals surface area (Å²) in [6, 6.07) is 16.3. The second-order valence-electron chi connectivity index (χ2n) is 4.76. The van der Waals surface area contributed by atoms with Crippen molar-refractivity contribution in [2.75, 3.05) is 7.05 Å². The third kappa shape index (κ3) is 3.23. The van der Waals surface area contributed by atoms with Crippen LogP contribution in [0.3, 0.4) is 0 Å². The largest absolute Gasteiger partial charge is 0.439 e. The van der Waals surface area contributed by atoms with Crippen molar-refractivity contribution in [2.45, 2.75) is 6.54 Å². The van der Waals surface area contributed by atoms with Crippen molar-refractivity contribution in [2.24, 2.45) is 0 Å². The Morgan fingerprint density at radius 3 is 2.71 bits per heavy atom. The predicted molar refractivity (Wildman–Crippen MR) is 88.7 cm³/mol. The molecule has 0 radical (unpaired) electrons. The average molecular weight is 343 g/mol. The minimum Gasteiger partial charge on any atom is -0.439 e. The number of halogens is 1. The van der Waals surface area contributed by atoms with Gasteiger partial charge in [-0.25, -0.2) is 4.98 Å². The normalized spacial score (nSPS) is 10.8. The topological polar surface area (TPSA) is 34.2 Å². The molecule has 0 atom stereocenters. The maximum Gasteiger partial charge on any atom is 0.223 e. The molecule has 0 saturated heterocycles. The highest BCUT2D eigenvalue weighted by atomic mass is 79.9. The van der Waals surface area contributed by atoms with Crippen molar-refractivity contribution in [3.63, 3.8) is 0 Å². The van der Waals surface area contributed by atoms with E-state index in [0.29, 0.717) is 12.4 Å². The zero-order chi connectivity index (χ0) is 14.7. The lowest BCUT2D eigenvalue weighted by atomic mass is 10.1. The lowest BCUT2D eigenvalue weighted by molar-refractivity contribution is 0.454. The van der Waals surface area contributed by atoms with E-state index in [1.54, 1.807) is 6.20 Å². The maximum atomic E-state index is 5.95. The smallest absolute Gasteiger partial charge is 0.223 e. The summed E-state index contributed by atoms with van der Waals surface area (Å²) in [5.41, 5.74) is 1.01. The molecule has 4 heteroatoms. The molecular weight excluding hydrogens is 328 g/mol. The summed E-state index contributed by atoms with van der Waals surface area (Å²) in [7, 11) is 1.90. The standard InChI is InChI=1S/C17H15BrN2O/c1-19-10-14-8-15(18)11-20-17(14)21-16-7-6-12-4-2-3-5-13(12)9-16/h2-9,11,19H,10H2,1H3. The lowest BCUT2D eigenvalue weighted by Crippen LogP contribution is -2.07. The Balaban J connectivity index is 1.94. The summed E-state index contributed by atoms with van der Waals surface area (Å²) in [6.45, 7) is 0.704. The highest BCUT2D eigenvalue weighted by Gasteiger charge is 2.07. The zero-order valence-corrected chi connectivity index (χ0v) is 13.2. The van der Waals surface area contributed by atoms with Crippen LogP contribution in [0.4, 0.5) is 0 Å². The van der Waals surface area contributed by atoms with Crippen LogP contribution in [0.25, 0.3) is 10.8 Å². The summed E-state index contributed by atoms with van der Waals surface area (Å²) in [5, 5.41) is 5.48. The summed E-state index contributed by atoms with van der Waals surface area (Å²) >= 11 is 3.44. The van der Waals surface area contributed by atoms with E-state index >= 15 is 0 Å². The molecule has 21 heavy (non-hydrogen) atoms. The molecular formula is C17H15BrN2O. The van der Waals surface area contributed by atoms with Gasteiger partial charge in [0, 0.05) is 22.8 Å². The fourth-order valence-electron chi connectivity index (χ4n) is 2.22. The zero-order valence-electron chi connectivity index (χ0n) is 11.6. The van der Waals surface area contributed by atoms with Crippen molar-refractivity contribution in [1.82, 2.24) is 10.3 Å². The van der Waals surface area contributed by atoms with E-state index in [0.717, 1.165) is 21.2 Å². The third-order valence-electron chi connectivity index (χ3n) is 3.19. The second-order valence-corrected chi connectivity index (χ2v) is 5.67. The van der Waals surface area contributed by atoms with Crippen LogP contribution in [0.5, 0.6) is 11.6 Å². The van der Waals surface area contributed by atoms with Gasteiger partial charge in [0.15, 0.2) is 0 Å². The minimum atomic E-state index is 0.628. The highest BCUT2D eigenvalue weighted by Crippen LogP contribution is 2.28. The Labute approximate surface area is 132 Å². The van der Waals surface area contributed by atoms with Crippen LogP contribution in [0, 0.1) is 0 Å². The Morgan fingerprint density at radius 2 is 1.90 bits per heavy atom. The number of ether oxygens (including phenoxy) is 1. The second kappa shape index (κ2) is 6.24. The molecule has 106 valence electrons. The van der Waals surface area contributed by atoms with Gasteiger partial charge in [-0.15, -0.1) is 0 Å². The van der Waals surface area contributed by atoms with E-state index in [1.165, 1.54) is 5.39 Å². The Hall–Kier alpha value is -1.91. The molecule has 0 saturated carbocycles. The van der Waals surface area contributed by atoms with Crippen LogP contribution >= 0.6 is 15.9 Å². The van der Waals surface area contributed by atoms with Gasteiger partial charge < -0.3 is 10.1 Å². The summed E-state index contributed by atoms with van der Waals surface area (Å²) < 4.78 is 6.90. The number of hydrogen-bond acceptors (Lipinski definition) is 3. The molecule has 0 amide bonds. The van der Waals surface area contributed by atoms with Crippen LogP contribution < -0.4 is 10.1 Å². The molecule has 3 rings (SSSR count). The number of aromatic nitrogens is 1. The van der Waals surface area contributed by atoms with Gasteiger partial charge in [0.2, 0.25) is 5.88 Å². The van der Waals surface area contributed by atoms with Gasteiger partial charge in [0.25, 0.3) is 0 Å². The molecule has 3 nitrogen and oxygen atoms in total. The van der Waals surface area contributed by atoms with E-state index in [2.05, 4.69) is 44.4 Å². The van der Waals surface area contributed by atoms with Crippen molar-refractivity contribution in [3.8, 4) is 11.6 Å². The van der Waals surface area contributed by atoms with E-state index in [9.17, 15) is 0 Å². The molecule has 0 spiro atoms. The van der Waals surface area contributed by atoms with Gasteiger partial charge in [0.05, 0.1) is 0 Å². The fraction of sp³-hybridized carbons (Fsp3) is 0.118. The molecule has 0 bridgehead atoms. The number of rotatable bonds is 4. The van der Waals surface area contributed by atoms with E-state index in [-0.39, 0.29) is 0 Å². The van der Waals surface area contributed by atoms with Crippen LogP contribution in [0.2, 0.25) is 0 Å². The molecule has 1 aromatic heterocycles. The monoisotopic (exact) mass is 342 g/mol. The van der Waals surface area contributed by atoms with Crippen molar-refractivity contribution in [3.05, 3.63) is 64.8 Å². The van der Waals surface area contributed by atoms with Gasteiger partial charge in [-0.05, 0) is 51.9 Å². The molecule has 1 heterocycles. The van der Waals surface area contributed by atoms with E-state index in [4.69, 9.17) is 4.74 Å². The Kier molecular flexibility index (Phi) is 4.18. The Bertz CT molecular complexity index is 774. The minimum absolute atomic E-state index is 0.628. The molecule has 0 unspecified atom stereocenters. The SMILES string of the molecule is CNCc1cc(Br)cnc1Oc1ccc2ccccc2c1. The maximum absolute atomic E-state index is 5.95. The van der Waals surface area contributed by atoms with Crippen LogP contribution in [0.15, 0.2) is 59.2 Å². The first-order chi connectivity index (χ1) is 10.3. The summed E-state index contributed by atoms with van der Waals surface area (Å²) in [6.07, 6.45) is 1.75. The van der Waals surface area contributed by atoms with Crippen LogP contribution in [0.1, 0.15) is 5.56 Å². The van der Waals surface area contributed by atoms with Gasteiger partial charge in [-0.2, -0.15) is 0 Å². The number of nitrogens with zero attached hydrogens (tertiary/aromatic N) is 1. The van der Waals surface area contributed by atoms with Crippen molar-refractivity contribution < 1.29 is 4.74 Å². The summed E-state index contributed by atoms with van der Waals surface area (Å²) in [4.78, 5) is 4.36. The highest BCUT2D eigenvalue weighted by molar-refractivity contribution is 9.10. The molecule has 0 aliphatic heterocycles. The molecule has 0 aliphatic carbocycles. The van der Waals surface area contributed by atoms with Crippen LogP contribution in [-0.2, 0) is 6.54 Å². The number of pyridine rings is 1. The molecule has 0 aliphatic rings. The number of hydrogen-bond donors (Lipinski definition) is 1. The molecule has 1 N–H and O–H groups in total. The lowest BCUT2D eigenvalue weighted by Gasteiger charge is -2.11. The molecule has 3 aromatic rings. The van der Waals surface area contributed by atoms with E-state index < -0.39 is 0 Å². The van der Waals surface area contributed by atoms with E-state index in [1.807, 2.05) is 37.4 Å². The van der Waals surface area contributed by atoms with Gasteiger partial charge in [0.1, 0.15) is 5.75 Å². The first-order valence-corrected chi connectivity index (χ1v) is 7.51. The van der Waals surface area contributed by atoms with Gasteiger partial charge in [-0.1, -0.05) is 30.3 Å². The number of nitrogens with one attached hydrogen (secondary N) is 1. The predicted octanol–water partition coefficient (Wildman–Crippen LogP) is 4.51. The first-order valence-electron chi connectivity index (χ1n) is 6.72.